The highest BCUT2D eigenvalue weighted by Crippen LogP contribution is 2.20. The standard InChI is InChI=1S/C12H20N2OS/c1-15-12-6-4-2-3-5-11(12)13-7-10-8-16-9-14-10/h8-9,11-13H,2-7H2,1H3. The molecule has 0 saturated heterocycles. The van der Waals surface area contributed by atoms with Crippen LogP contribution in [0.3, 0.4) is 0 Å². The summed E-state index contributed by atoms with van der Waals surface area (Å²) in [6.45, 7) is 0.869. The molecule has 1 aromatic rings. The summed E-state index contributed by atoms with van der Waals surface area (Å²) in [4.78, 5) is 4.29. The van der Waals surface area contributed by atoms with E-state index < -0.39 is 0 Å². The highest BCUT2D eigenvalue weighted by molar-refractivity contribution is 7.07. The molecule has 1 saturated carbocycles. The lowest BCUT2D eigenvalue weighted by atomic mass is 10.1. The second kappa shape index (κ2) is 6.33. The molecule has 0 aliphatic heterocycles. The molecule has 3 nitrogen and oxygen atoms in total. The van der Waals surface area contributed by atoms with Gasteiger partial charge < -0.3 is 10.1 Å². The molecule has 2 atom stereocenters. The van der Waals surface area contributed by atoms with Crippen LogP contribution < -0.4 is 5.32 Å². The SMILES string of the molecule is COC1CCCCCC1NCc1cscn1. The summed E-state index contributed by atoms with van der Waals surface area (Å²) in [7, 11) is 1.83. The maximum absolute atomic E-state index is 5.57. The number of nitrogens with zero attached hydrogens (tertiary/aromatic N) is 1. The first-order chi connectivity index (χ1) is 7.90. The van der Waals surface area contributed by atoms with E-state index in [9.17, 15) is 0 Å². The Morgan fingerprint density at radius 3 is 3.06 bits per heavy atom. The van der Waals surface area contributed by atoms with Gasteiger partial charge in [-0.15, -0.1) is 11.3 Å². The van der Waals surface area contributed by atoms with Crippen molar-refractivity contribution in [1.29, 1.82) is 0 Å². The summed E-state index contributed by atoms with van der Waals surface area (Å²) in [5.74, 6) is 0. The van der Waals surface area contributed by atoms with Gasteiger partial charge in [-0.3, -0.25) is 0 Å². The van der Waals surface area contributed by atoms with E-state index in [0.29, 0.717) is 12.1 Å². The minimum absolute atomic E-state index is 0.376. The van der Waals surface area contributed by atoms with Gasteiger partial charge in [-0.05, 0) is 12.8 Å². The monoisotopic (exact) mass is 240 g/mol. The number of hydrogen-bond donors (Lipinski definition) is 1. The fourth-order valence-corrected chi connectivity index (χ4v) is 2.91. The third-order valence-corrected chi connectivity index (χ3v) is 3.92. The van der Waals surface area contributed by atoms with Crippen molar-refractivity contribution < 1.29 is 4.74 Å². The van der Waals surface area contributed by atoms with Crippen molar-refractivity contribution in [3.05, 3.63) is 16.6 Å². The first-order valence-electron chi connectivity index (χ1n) is 6.03. The second-order valence-corrected chi connectivity index (χ2v) is 5.10. The zero-order chi connectivity index (χ0) is 11.2. The Morgan fingerprint density at radius 2 is 2.31 bits per heavy atom. The van der Waals surface area contributed by atoms with Crippen LogP contribution in [0.15, 0.2) is 10.9 Å². The highest BCUT2D eigenvalue weighted by atomic mass is 32.1. The molecule has 1 fully saturated rings. The van der Waals surface area contributed by atoms with Gasteiger partial charge in [-0.1, -0.05) is 19.3 Å². The van der Waals surface area contributed by atoms with E-state index >= 15 is 0 Å². The fourth-order valence-electron chi connectivity index (χ4n) is 2.35. The number of thiazole rings is 1. The topological polar surface area (TPSA) is 34.1 Å². The molecule has 90 valence electrons. The van der Waals surface area contributed by atoms with E-state index in [1.54, 1.807) is 11.3 Å². The molecular formula is C12H20N2OS. The molecule has 1 N–H and O–H groups in total. The minimum atomic E-state index is 0.376. The summed E-state index contributed by atoms with van der Waals surface area (Å²) in [6, 6.07) is 0.495. The lowest BCUT2D eigenvalue weighted by Gasteiger charge is -2.24. The van der Waals surface area contributed by atoms with Crippen molar-refractivity contribution >= 4 is 11.3 Å². The van der Waals surface area contributed by atoms with Crippen LogP contribution in [-0.2, 0) is 11.3 Å². The molecule has 16 heavy (non-hydrogen) atoms. The Kier molecular flexibility index (Phi) is 4.75. The number of ether oxygens (including phenoxy) is 1. The number of nitrogens with one attached hydrogen (secondary N) is 1. The molecule has 1 aliphatic carbocycles. The molecule has 0 aromatic carbocycles. The van der Waals surface area contributed by atoms with Crippen molar-refractivity contribution in [2.45, 2.75) is 50.8 Å². The van der Waals surface area contributed by atoms with Gasteiger partial charge >= 0.3 is 0 Å². The zero-order valence-corrected chi connectivity index (χ0v) is 10.6. The predicted octanol–water partition coefficient (Wildman–Crippen LogP) is 2.58. The van der Waals surface area contributed by atoms with Crippen molar-refractivity contribution in [2.75, 3.05) is 7.11 Å². The summed E-state index contributed by atoms with van der Waals surface area (Å²) < 4.78 is 5.57. The zero-order valence-electron chi connectivity index (χ0n) is 9.82. The third kappa shape index (κ3) is 3.27. The molecule has 4 heteroatoms. The molecule has 2 rings (SSSR count). The van der Waals surface area contributed by atoms with E-state index in [-0.39, 0.29) is 0 Å². The quantitative estimate of drug-likeness (QED) is 0.821. The molecule has 0 amide bonds. The number of methoxy groups -OCH3 is 1. The summed E-state index contributed by atoms with van der Waals surface area (Å²) in [6.07, 6.45) is 6.74. The van der Waals surface area contributed by atoms with Crippen LogP contribution in [0.25, 0.3) is 0 Å². The molecular weight excluding hydrogens is 220 g/mol. The van der Waals surface area contributed by atoms with Gasteiger partial charge in [0.2, 0.25) is 0 Å². The predicted molar refractivity (Wildman–Crippen MR) is 66.6 cm³/mol. The van der Waals surface area contributed by atoms with Crippen LogP contribution in [-0.4, -0.2) is 24.2 Å². The summed E-state index contributed by atoms with van der Waals surface area (Å²) in [5, 5.41) is 5.69. The Bertz CT molecular complexity index is 289. The lowest BCUT2D eigenvalue weighted by Crippen LogP contribution is -2.39. The van der Waals surface area contributed by atoms with Crippen LogP contribution in [0.4, 0.5) is 0 Å². The van der Waals surface area contributed by atoms with Gasteiger partial charge in [-0.25, -0.2) is 4.98 Å². The molecule has 0 radical (unpaired) electrons. The molecule has 1 heterocycles. The third-order valence-electron chi connectivity index (χ3n) is 3.28. The van der Waals surface area contributed by atoms with Gasteiger partial charge in [0.25, 0.3) is 0 Å². The van der Waals surface area contributed by atoms with Gasteiger partial charge in [0.15, 0.2) is 0 Å². The van der Waals surface area contributed by atoms with Crippen LogP contribution >= 0.6 is 11.3 Å². The van der Waals surface area contributed by atoms with Crippen molar-refractivity contribution in [2.24, 2.45) is 0 Å². The normalized spacial score (nSPS) is 26.6. The Morgan fingerprint density at radius 1 is 1.44 bits per heavy atom. The molecule has 1 aromatic heterocycles. The van der Waals surface area contributed by atoms with E-state index in [2.05, 4.69) is 15.7 Å². The summed E-state index contributed by atoms with van der Waals surface area (Å²) in [5.41, 5.74) is 3.03. The number of aromatic nitrogens is 1. The van der Waals surface area contributed by atoms with Crippen molar-refractivity contribution in [1.82, 2.24) is 10.3 Å². The largest absolute Gasteiger partial charge is 0.380 e. The highest BCUT2D eigenvalue weighted by Gasteiger charge is 2.22. The van der Waals surface area contributed by atoms with Gasteiger partial charge in [0, 0.05) is 25.1 Å². The Hall–Kier alpha value is -0.450. The van der Waals surface area contributed by atoms with Crippen molar-refractivity contribution in [3.63, 3.8) is 0 Å². The van der Waals surface area contributed by atoms with Gasteiger partial charge in [0.1, 0.15) is 0 Å². The smallest absolute Gasteiger partial charge is 0.0795 e. The number of hydrogen-bond acceptors (Lipinski definition) is 4. The average molecular weight is 240 g/mol. The maximum atomic E-state index is 5.57. The Balaban J connectivity index is 1.85. The number of rotatable bonds is 4. The van der Waals surface area contributed by atoms with Crippen LogP contribution in [0.1, 0.15) is 37.8 Å². The second-order valence-electron chi connectivity index (χ2n) is 4.38. The maximum Gasteiger partial charge on any atom is 0.0795 e. The van der Waals surface area contributed by atoms with Crippen LogP contribution in [0.5, 0.6) is 0 Å². The van der Waals surface area contributed by atoms with E-state index in [4.69, 9.17) is 4.74 Å². The first kappa shape index (κ1) is 12.0. The van der Waals surface area contributed by atoms with Crippen molar-refractivity contribution in [3.8, 4) is 0 Å². The van der Waals surface area contributed by atoms with Crippen LogP contribution in [0, 0.1) is 0 Å². The average Bonchev–Trinajstić information content (AvgIpc) is 2.71. The minimum Gasteiger partial charge on any atom is -0.380 e. The fraction of sp³-hybridized carbons (Fsp3) is 0.750. The summed E-state index contributed by atoms with van der Waals surface area (Å²) >= 11 is 1.65. The molecule has 0 bridgehead atoms. The molecule has 2 unspecified atom stereocenters. The van der Waals surface area contributed by atoms with E-state index in [1.807, 2.05) is 12.6 Å². The van der Waals surface area contributed by atoms with Gasteiger partial charge in [-0.2, -0.15) is 0 Å². The lowest BCUT2D eigenvalue weighted by molar-refractivity contribution is 0.0625. The van der Waals surface area contributed by atoms with E-state index in [1.165, 1.54) is 32.1 Å². The van der Waals surface area contributed by atoms with E-state index in [0.717, 1.165) is 12.2 Å². The molecule has 1 aliphatic rings. The molecule has 0 spiro atoms. The first-order valence-corrected chi connectivity index (χ1v) is 6.97. The van der Waals surface area contributed by atoms with Crippen LogP contribution in [0.2, 0.25) is 0 Å². The Labute approximate surface area is 101 Å². The van der Waals surface area contributed by atoms with Gasteiger partial charge in [0.05, 0.1) is 17.3 Å².